The van der Waals surface area contributed by atoms with Crippen molar-refractivity contribution in [3.05, 3.63) is 22.4 Å². The van der Waals surface area contributed by atoms with E-state index in [1.807, 2.05) is 0 Å². The molecule has 0 heterocycles. The SMILES string of the molecule is CNC(=O)CNc1cc(Br)c(F)cc1N. The van der Waals surface area contributed by atoms with Crippen LogP contribution in [0, 0.1) is 5.82 Å². The van der Waals surface area contributed by atoms with Crippen LogP contribution in [0.4, 0.5) is 15.8 Å². The van der Waals surface area contributed by atoms with Gasteiger partial charge in [0.1, 0.15) is 5.82 Å². The molecule has 6 heteroatoms. The molecule has 0 aliphatic rings. The Balaban J connectivity index is 2.77. The normalized spacial score (nSPS) is 9.80. The van der Waals surface area contributed by atoms with Crippen LogP contribution in [-0.2, 0) is 4.79 Å². The van der Waals surface area contributed by atoms with Gasteiger partial charge in [0.25, 0.3) is 0 Å². The van der Waals surface area contributed by atoms with Crippen LogP contribution in [0.1, 0.15) is 0 Å². The van der Waals surface area contributed by atoms with Gasteiger partial charge in [0.2, 0.25) is 5.91 Å². The summed E-state index contributed by atoms with van der Waals surface area (Å²) < 4.78 is 13.3. The molecule has 0 aliphatic carbocycles. The van der Waals surface area contributed by atoms with E-state index in [-0.39, 0.29) is 18.1 Å². The minimum Gasteiger partial charge on any atom is -0.397 e. The maximum Gasteiger partial charge on any atom is 0.239 e. The quantitative estimate of drug-likeness (QED) is 0.729. The Bertz CT molecular complexity index is 384. The van der Waals surface area contributed by atoms with Gasteiger partial charge in [-0.3, -0.25) is 4.79 Å². The summed E-state index contributed by atoms with van der Waals surface area (Å²) in [7, 11) is 1.54. The van der Waals surface area contributed by atoms with Crippen LogP contribution in [0.2, 0.25) is 0 Å². The third-order valence-corrected chi connectivity index (χ3v) is 2.42. The minimum absolute atomic E-state index is 0.0960. The van der Waals surface area contributed by atoms with Gasteiger partial charge in [-0.2, -0.15) is 0 Å². The first kappa shape index (κ1) is 11.8. The van der Waals surface area contributed by atoms with E-state index in [0.29, 0.717) is 10.2 Å². The number of benzene rings is 1. The first-order valence-electron chi connectivity index (χ1n) is 4.23. The number of nitrogens with one attached hydrogen (secondary N) is 2. The third kappa shape index (κ3) is 3.09. The molecule has 0 saturated carbocycles. The highest BCUT2D eigenvalue weighted by Crippen LogP contribution is 2.26. The topological polar surface area (TPSA) is 67.2 Å². The Hall–Kier alpha value is -1.30. The van der Waals surface area contributed by atoms with Crippen molar-refractivity contribution < 1.29 is 9.18 Å². The van der Waals surface area contributed by atoms with Crippen LogP contribution >= 0.6 is 15.9 Å². The highest BCUT2D eigenvalue weighted by atomic mass is 79.9. The first-order valence-corrected chi connectivity index (χ1v) is 5.03. The van der Waals surface area contributed by atoms with Gasteiger partial charge in [-0.05, 0) is 22.0 Å². The van der Waals surface area contributed by atoms with Gasteiger partial charge in [0.15, 0.2) is 0 Å². The van der Waals surface area contributed by atoms with Crippen molar-refractivity contribution in [1.29, 1.82) is 0 Å². The Morgan fingerprint density at radius 2 is 2.27 bits per heavy atom. The van der Waals surface area contributed by atoms with Gasteiger partial charge in [0, 0.05) is 13.1 Å². The number of carbonyl (C=O) groups excluding carboxylic acids is 1. The lowest BCUT2D eigenvalue weighted by Crippen LogP contribution is -2.26. The van der Waals surface area contributed by atoms with Crippen molar-refractivity contribution in [2.45, 2.75) is 0 Å². The van der Waals surface area contributed by atoms with Gasteiger partial charge >= 0.3 is 0 Å². The molecule has 0 unspecified atom stereocenters. The lowest BCUT2D eigenvalue weighted by molar-refractivity contribution is -0.118. The smallest absolute Gasteiger partial charge is 0.239 e. The lowest BCUT2D eigenvalue weighted by Gasteiger charge is -2.09. The van der Waals surface area contributed by atoms with Crippen LogP contribution in [-0.4, -0.2) is 19.5 Å². The standard InChI is InChI=1S/C9H11BrFN3O/c1-13-9(15)4-14-8-2-5(10)6(11)3-7(8)12/h2-3,14H,4,12H2,1H3,(H,13,15). The van der Waals surface area contributed by atoms with Crippen molar-refractivity contribution >= 4 is 33.2 Å². The highest BCUT2D eigenvalue weighted by molar-refractivity contribution is 9.10. The number of likely N-dealkylation sites (N-methyl/N-ethyl adjacent to an activating group) is 1. The second-order valence-corrected chi connectivity index (χ2v) is 3.73. The van der Waals surface area contributed by atoms with E-state index in [1.165, 1.54) is 19.2 Å². The molecule has 0 fully saturated rings. The second kappa shape index (κ2) is 4.97. The number of carbonyl (C=O) groups is 1. The fraction of sp³-hybridized carbons (Fsp3) is 0.222. The molecule has 0 atom stereocenters. The number of anilines is 2. The Morgan fingerprint density at radius 3 is 2.87 bits per heavy atom. The van der Waals surface area contributed by atoms with Crippen LogP contribution < -0.4 is 16.4 Å². The van der Waals surface area contributed by atoms with Gasteiger partial charge in [0.05, 0.1) is 22.4 Å². The summed E-state index contributed by atoms with van der Waals surface area (Å²) >= 11 is 3.03. The van der Waals surface area contributed by atoms with E-state index < -0.39 is 5.82 Å². The van der Waals surface area contributed by atoms with Gasteiger partial charge in [-0.15, -0.1) is 0 Å². The number of amides is 1. The molecule has 0 aromatic heterocycles. The summed E-state index contributed by atoms with van der Waals surface area (Å²) in [5, 5.41) is 5.25. The third-order valence-electron chi connectivity index (χ3n) is 1.81. The molecule has 1 amide bonds. The second-order valence-electron chi connectivity index (χ2n) is 2.88. The zero-order valence-electron chi connectivity index (χ0n) is 8.10. The number of hydrogen-bond donors (Lipinski definition) is 3. The fourth-order valence-electron chi connectivity index (χ4n) is 0.979. The Morgan fingerprint density at radius 1 is 1.60 bits per heavy atom. The molecular formula is C9H11BrFN3O. The van der Waals surface area contributed by atoms with Crippen molar-refractivity contribution in [1.82, 2.24) is 5.32 Å². The number of hydrogen-bond acceptors (Lipinski definition) is 3. The number of nitrogen functional groups attached to an aromatic ring is 1. The summed E-state index contributed by atoms with van der Waals surface area (Å²) in [5.41, 5.74) is 6.35. The van der Waals surface area contributed by atoms with Crippen LogP contribution in [0.15, 0.2) is 16.6 Å². The van der Waals surface area contributed by atoms with Gasteiger partial charge < -0.3 is 16.4 Å². The zero-order valence-corrected chi connectivity index (χ0v) is 9.69. The lowest BCUT2D eigenvalue weighted by atomic mass is 10.2. The predicted octanol–water partition coefficient (Wildman–Crippen LogP) is 1.33. The molecule has 4 N–H and O–H groups in total. The summed E-state index contributed by atoms with van der Waals surface area (Å²) in [4.78, 5) is 10.9. The molecule has 0 aliphatic heterocycles. The van der Waals surface area contributed by atoms with Crippen molar-refractivity contribution in [2.75, 3.05) is 24.6 Å². The first-order chi connectivity index (χ1) is 7.04. The predicted molar refractivity (Wildman–Crippen MR) is 61.1 cm³/mol. The van der Waals surface area contributed by atoms with Crippen molar-refractivity contribution in [3.8, 4) is 0 Å². The summed E-state index contributed by atoms with van der Waals surface area (Å²) in [6.07, 6.45) is 0. The van der Waals surface area contributed by atoms with E-state index in [0.717, 1.165) is 0 Å². The molecule has 4 nitrogen and oxygen atoms in total. The summed E-state index contributed by atoms with van der Waals surface area (Å²) in [6, 6.07) is 2.68. The molecule has 1 aromatic rings. The van der Waals surface area contributed by atoms with Crippen molar-refractivity contribution in [3.63, 3.8) is 0 Å². The van der Waals surface area contributed by atoms with E-state index in [9.17, 15) is 9.18 Å². The van der Waals surface area contributed by atoms with Gasteiger partial charge in [-0.25, -0.2) is 4.39 Å². The molecule has 1 rings (SSSR count). The van der Waals surface area contributed by atoms with E-state index in [1.54, 1.807) is 0 Å². The molecule has 0 bridgehead atoms. The average molecular weight is 276 g/mol. The summed E-state index contributed by atoms with van der Waals surface area (Å²) in [6.45, 7) is 0.0960. The van der Waals surface area contributed by atoms with Gasteiger partial charge in [-0.1, -0.05) is 0 Å². The van der Waals surface area contributed by atoms with E-state index >= 15 is 0 Å². The maximum absolute atomic E-state index is 13.0. The zero-order chi connectivity index (χ0) is 11.4. The molecule has 82 valence electrons. The molecule has 0 radical (unpaired) electrons. The molecule has 15 heavy (non-hydrogen) atoms. The van der Waals surface area contributed by atoms with E-state index in [4.69, 9.17) is 5.73 Å². The fourth-order valence-corrected chi connectivity index (χ4v) is 1.32. The highest BCUT2D eigenvalue weighted by Gasteiger charge is 2.06. The Kier molecular flexibility index (Phi) is 3.90. The van der Waals surface area contributed by atoms with Crippen LogP contribution in [0.25, 0.3) is 0 Å². The summed E-state index contributed by atoms with van der Waals surface area (Å²) in [5.74, 6) is -0.604. The minimum atomic E-state index is -0.432. The number of nitrogens with two attached hydrogens (primary N) is 1. The Labute approximate surface area is 95.2 Å². The number of halogens is 2. The van der Waals surface area contributed by atoms with E-state index in [2.05, 4.69) is 26.6 Å². The largest absolute Gasteiger partial charge is 0.397 e. The molecule has 0 spiro atoms. The maximum atomic E-state index is 13.0. The molecule has 0 saturated heterocycles. The van der Waals surface area contributed by atoms with Crippen LogP contribution in [0.5, 0.6) is 0 Å². The monoisotopic (exact) mass is 275 g/mol. The van der Waals surface area contributed by atoms with Crippen molar-refractivity contribution in [2.24, 2.45) is 0 Å². The average Bonchev–Trinajstić information content (AvgIpc) is 2.21. The molecular weight excluding hydrogens is 265 g/mol. The van der Waals surface area contributed by atoms with Crippen LogP contribution in [0.3, 0.4) is 0 Å². The number of rotatable bonds is 3. The molecule has 1 aromatic carbocycles.